The van der Waals surface area contributed by atoms with Crippen LogP contribution in [0.3, 0.4) is 0 Å². The zero-order valence-corrected chi connectivity index (χ0v) is 13.9. The van der Waals surface area contributed by atoms with Crippen molar-refractivity contribution in [1.82, 2.24) is 14.7 Å². The Kier molecular flexibility index (Phi) is 5.39. The van der Waals surface area contributed by atoms with E-state index in [1.807, 2.05) is 11.6 Å². The molecule has 0 spiro atoms. The van der Waals surface area contributed by atoms with E-state index in [0.29, 0.717) is 24.4 Å². The van der Waals surface area contributed by atoms with Crippen molar-refractivity contribution in [2.75, 3.05) is 19.7 Å². The highest BCUT2D eigenvalue weighted by Crippen LogP contribution is 2.33. The molecule has 1 aromatic heterocycles. The fraction of sp³-hybridized carbons (Fsp3) is 0.750. The van der Waals surface area contributed by atoms with Crippen LogP contribution in [-0.4, -0.2) is 51.3 Å². The molecule has 7 heteroatoms. The highest BCUT2D eigenvalue weighted by atomic mass is 19.3. The fourth-order valence-corrected chi connectivity index (χ4v) is 2.99. The number of nitrogens with zero attached hydrogens (tertiary/aromatic N) is 3. The van der Waals surface area contributed by atoms with Gasteiger partial charge in [0.1, 0.15) is 0 Å². The van der Waals surface area contributed by atoms with Crippen LogP contribution in [0.5, 0.6) is 0 Å². The third-order valence-electron chi connectivity index (χ3n) is 4.31. The predicted octanol–water partition coefficient (Wildman–Crippen LogP) is 2.19. The lowest BCUT2D eigenvalue weighted by Gasteiger charge is -2.37. The van der Waals surface area contributed by atoms with Crippen LogP contribution in [0.2, 0.25) is 0 Å². The largest absolute Gasteiger partial charge is 0.396 e. The van der Waals surface area contributed by atoms with Gasteiger partial charge in [-0.15, -0.1) is 0 Å². The lowest BCUT2D eigenvalue weighted by molar-refractivity contribution is -0.113. The number of aliphatic hydroxyl groups is 1. The first-order valence-corrected chi connectivity index (χ1v) is 8.12. The van der Waals surface area contributed by atoms with Crippen molar-refractivity contribution in [3.05, 3.63) is 17.5 Å². The van der Waals surface area contributed by atoms with Gasteiger partial charge in [0, 0.05) is 26.1 Å². The molecule has 1 aliphatic heterocycles. The van der Waals surface area contributed by atoms with Gasteiger partial charge in [0.05, 0.1) is 30.0 Å². The monoisotopic (exact) mass is 329 g/mol. The third-order valence-corrected chi connectivity index (χ3v) is 4.31. The van der Waals surface area contributed by atoms with Gasteiger partial charge in [0.2, 0.25) is 0 Å². The minimum atomic E-state index is -2.92. The summed E-state index contributed by atoms with van der Waals surface area (Å²) in [6.45, 7) is 6.06. The van der Waals surface area contributed by atoms with E-state index in [1.54, 1.807) is 0 Å². The van der Waals surface area contributed by atoms with Crippen LogP contribution in [0.15, 0.2) is 6.20 Å². The molecule has 0 radical (unpaired) electrons. The van der Waals surface area contributed by atoms with E-state index in [0.717, 1.165) is 5.69 Å². The van der Waals surface area contributed by atoms with Gasteiger partial charge in [0.15, 0.2) is 0 Å². The number of aromatic nitrogens is 2. The molecule has 2 rings (SSSR count). The molecular formula is C16H25F2N3O2. The normalized spacial score (nSPS) is 21.0. The van der Waals surface area contributed by atoms with Crippen LogP contribution in [0.4, 0.5) is 8.78 Å². The average Bonchev–Trinajstić information content (AvgIpc) is 2.88. The molecule has 2 heterocycles. The number of likely N-dealkylation sites (tertiary alicyclic amines) is 1. The SMILES string of the molecule is CCc1c(C(=O)N2CCC(F)(F)[C@H](CO)C2)cnn1CC(C)C. The Bertz CT molecular complexity index is 558. The van der Waals surface area contributed by atoms with Crippen LogP contribution >= 0.6 is 0 Å². The van der Waals surface area contributed by atoms with Crippen LogP contribution < -0.4 is 0 Å². The highest BCUT2D eigenvalue weighted by molar-refractivity contribution is 5.95. The second-order valence-electron chi connectivity index (χ2n) is 6.58. The number of carbonyl (C=O) groups excluding carboxylic acids is 1. The van der Waals surface area contributed by atoms with Crippen LogP contribution in [0.1, 0.15) is 43.2 Å². The highest BCUT2D eigenvalue weighted by Gasteiger charge is 2.45. The summed E-state index contributed by atoms with van der Waals surface area (Å²) in [6.07, 6.45) is 1.77. The molecule has 1 amide bonds. The Hall–Kier alpha value is -1.50. The molecule has 1 saturated heterocycles. The summed E-state index contributed by atoms with van der Waals surface area (Å²) in [5.41, 5.74) is 1.32. The first-order valence-electron chi connectivity index (χ1n) is 8.12. The van der Waals surface area contributed by atoms with Crippen molar-refractivity contribution in [3.63, 3.8) is 0 Å². The number of alkyl halides is 2. The number of aliphatic hydroxyl groups excluding tert-OH is 1. The summed E-state index contributed by atoms with van der Waals surface area (Å²) < 4.78 is 29.2. The lowest BCUT2D eigenvalue weighted by atomic mass is 9.94. The number of rotatable bonds is 5. The molecule has 1 aromatic rings. The smallest absolute Gasteiger partial charge is 0.257 e. The minimum absolute atomic E-state index is 0.000841. The van der Waals surface area contributed by atoms with E-state index < -0.39 is 24.9 Å². The summed E-state index contributed by atoms with van der Waals surface area (Å²) in [7, 11) is 0. The molecule has 0 bridgehead atoms. The second-order valence-corrected chi connectivity index (χ2v) is 6.58. The number of hydrogen-bond acceptors (Lipinski definition) is 3. The maximum atomic E-state index is 13.7. The molecule has 1 aliphatic rings. The lowest BCUT2D eigenvalue weighted by Crippen LogP contribution is -2.50. The first-order chi connectivity index (χ1) is 10.8. The van der Waals surface area contributed by atoms with Gasteiger partial charge < -0.3 is 10.0 Å². The summed E-state index contributed by atoms with van der Waals surface area (Å²) in [4.78, 5) is 14.1. The summed E-state index contributed by atoms with van der Waals surface area (Å²) in [5, 5.41) is 13.4. The van der Waals surface area contributed by atoms with E-state index >= 15 is 0 Å². The molecule has 5 nitrogen and oxygen atoms in total. The van der Waals surface area contributed by atoms with E-state index in [4.69, 9.17) is 5.11 Å². The third kappa shape index (κ3) is 3.71. The Balaban J connectivity index is 2.19. The summed E-state index contributed by atoms with van der Waals surface area (Å²) in [5.74, 6) is -3.99. The van der Waals surface area contributed by atoms with Gasteiger partial charge in [-0.05, 0) is 12.3 Å². The summed E-state index contributed by atoms with van der Waals surface area (Å²) >= 11 is 0. The van der Waals surface area contributed by atoms with Gasteiger partial charge in [-0.3, -0.25) is 9.48 Å². The fourth-order valence-electron chi connectivity index (χ4n) is 2.99. The van der Waals surface area contributed by atoms with Crippen LogP contribution in [-0.2, 0) is 13.0 Å². The predicted molar refractivity (Wildman–Crippen MR) is 82.5 cm³/mol. The molecule has 1 N–H and O–H groups in total. The number of halogens is 2. The molecule has 130 valence electrons. The summed E-state index contributed by atoms with van der Waals surface area (Å²) in [6, 6.07) is 0. The quantitative estimate of drug-likeness (QED) is 0.901. The van der Waals surface area contributed by atoms with Gasteiger partial charge in [0.25, 0.3) is 11.8 Å². The van der Waals surface area contributed by atoms with E-state index in [1.165, 1.54) is 11.1 Å². The van der Waals surface area contributed by atoms with Gasteiger partial charge >= 0.3 is 0 Å². The van der Waals surface area contributed by atoms with Crippen molar-refractivity contribution >= 4 is 5.91 Å². The molecule has 1 atom stereocenters. The molecule has 0 saturated carbocycles. The molecular weight excluding hydrogens is 304 g/mol. The Morgan fingerprint density at radius 2 is 2.22 bits per heavy atom. The second kappa shape index (κ2) is 6.95. The number of carbonyl (C=O) groups is 1. The van der Waals surface area contributed by atoms with E-state index in [2.05, 4.69) is 18.9 Å². The minimum Gasteiger partial charge on any atom is -0.396 e. The average molecular weight is 329 g/mol. The van der Waals surface area contributed by atoms with Crippen LogP contribution in [0, 0.1) is 11.8 Å². The van der Waals surface area contributed by atoms with Crippen LogP contribution in [0.25, 0.3) is 0 Å². The van der Waals surface area contributed by atoms with Crippen molar-refractivity contribution in [2.24, 2.45) is 11.8 Å². The Morgan fingerprint density at radius 1 is 1.52 bits per heavy atom. The van der Waals surface area contributed by atoms with Gasteiger partial charge in [-0.25, -0.2) is 8.78 Å². The maximum Gasteiger partial charge on any atom is 0.257 e. The van der Waals surface area contributed by atoms with E-state index in [9.17, 15) is 13.6 Å². The molecule has 23 heavy (non-hydrogen) atoms. The molecule has 1 fully saturated rings. The number of hydrogen-bond donors (Lipinski definition) is 1. The number of piperidine rings is 1. The maximum absolute atomic E-state index is 13.7. The molecule has 0 unspecified atom stereocenters. The zero-order chi connectivity index (χ0) is 17.2. The Morgan fingerprint density at radius 3 is 2.78 bits per heavy atom. The molecule has 0 aliphatic carbocycles. The van der Waals surface area contributed by atoms with Crippen molar-refractivity contribution < 1.29 is 18.7 Å². The van der Waals surface area contributed by atoms with E-state index in [-0.39, 0.29) is 19.0 Å². The molecule has 0 aromatic carbocycles. The van der Waals surface area contributed by atoms with Crippen molar-refractivity contribution in [1.29, 1.82) is 0 Å². The number of amides is 1. The first kappa shape index (κ1) is 17.8. The Labute approximate surface area is 135 Å². The van der Waals surface area contributed by atoms with Crippen molar-refractivity contribution in [2.45, 2.75) is 46.1 Å². The topological polar surface area (TPSA) is 58.4 Å². The van der Waals surface area contributed by atoms with Gasteiger partial charge in [-0.2, -0.15) is 5.10 Å². The standard InChI is InChI=1S/C16H25F2N3O2/c1-4-14-13(7-19-21(14)8-11(2)3)15(23)20-6-5-16(17,18)12(9-20)10-22/h7,11-12,22H,4-6,8-10H2,1-3H3/t12-/m0/s1. The van der Waals surface area contributed by atoms with Crippen molar-refractivity contribution in [3.8, 4) is 0 Å². The van der Waals surface area contributed by atoms with Gasteiger partial charge in [-0.1, -0.05) is 20.8 Å². The zero-order valence-electron chi connectivity index (χ0n) is 13.9.